The van der Waals surface area contributed by atoms with E-state index in [0.29, 0.717) is 12.6 Å². The first-order valence-corrected chi connectivity index (χ1v) is 8.90. The molecule has 1 aromatic heterocycles. The smallest absolute Gasteiger partial charge is 0.119 e. The van der Waals surface area contributed by atoms with Gasteiger partial charge in [-0.05, 0) is 55.8 Å². The van der Waals surface area contributed by atoms with Crippen LogP contribution in [-0.4, -0.2) is 22.6 Å². The van der Waals surface area contributed by atoms with E-state index in [1.54, 1.807) is 0 Å². The van der Waals surface area contributed by atoms with Crippen LogP contribution in [0.1, 0.15) is 24.4 Å². The Balaban J connectivity index is 1.46. The van der Waals surface area contributed by atoms with Crippen LogP contribution in [0.2, 0.25) is 0 Å². The highest BCUT2D eigenvalue weighted by Crippen LogP contribution is 2.28. The maximum atomic E-state index is 5.88. The maximum absolute atomic E-state index is 5.88. The molecule has 0 amide bonds. The van der Waals surface area contributed by atoms with Crippen molar-refractivity contribution >= 4 is 0 Å². The minimum atomic E-state index is 0.535. The summed E-state index contributed by atoms with van der Waals surface area (Å²) in [5.74, 6) is 0.889. The first-order chi connectivity index (χ1) is 12.4. The zero-order chi connectivity index (χ0) is 16.9. The lowest BCUT2D eigenvalue weighted by Gasteiger charge is -2.25. The van der Waals surface area contributed by atoms with Gasteiger partial charge in [0.25, 0.3) is 0 Å². The van der Waals surface area contributed by atoms with E-state index < -0.39 is 0 Å². The Morgan fingerprint density at radius 1 is 1.00 bits per heavy atom. The molecule has 3 aromatic rings. The number of nitrogens with one attached hydrogen (secondary N) is 1. The molecule has 1 fully saturated rings. The fraction of sp³-hybridized carbons (Fsp3) is 0.286. The van der Waals surface area contributed by atoms with Gasteiger partial charge in [-0.15, -0.1) is 0 Å². The minimum Gasteiger partial charge on any atom is -0.489 e. The molecule has 0 bridgehead atoms. The summed E-state index contributed by atoms with van der Waals surface area (Å²) in [6.45, 7) is 2.75. The molecule has 128 valence electrons. The van der Waals surface area contributed by atoms with Gasteiger partial charge in [-0.1, -0.05) is 30.3 Å². The van der Waals surface area contributed by atoms with Crippen LogP contribution in [-0.2, 0) is 6.61 Å². The average molecular weight is 333 g/mol. The van der Waals surface area contributed by atoms with Crippen LogP contribution < -0.4 is 10.1 Å². The number of benzene rings is 2. The zero-order valence-corrected chi connectivity index (χ0v) is 14.3. The molecule has 2 heterocycles. The lowest BCUT2D eigenvalue weighted by Crippen LogP contribution is -2.29. The lowest BCUT2D eigenvalue weighted by molar-refractivity contribution is 0.306. The van der Waals surface area contributed by atoms with Gasteiger partial charge >= 0.3 is 0 Å². The van der Waals surface area contributed by atoms with Crippen LogP contribution in [0, 0.1) is 0 Å². The van der Waals surface area contributed by atoms with Crippen molar-refractivity contribution in [2.75, 3.05) is 13.1 Å². The van der Waals surface area contributed by atoms with Crippen LogP contribution in [0.3, 0.4) is 0 Å². The van der Waals surface area contributed by atoms with E-state index in [1.807, 2.05) is 42.9 Å². The predicted octanol–water partition coefficient (Wildman–Crippen LogP) is 4.05. The van der Waals surface area contributed by atoms with Crippen molar-refractivity contribution in [1.82, 2.24) is 14.9 Å². The van der Waals surface area contributed by atoms with Crippen LogP contribution in [0.25, 0.3) is 11.3 Å². The number of piperidine rings is 1. The van der Waals surface area contributed by atoms with Gasteiger partial charge < -0.3 is 14.6 Å². The molecule has 4 nitrogen and oxygen atoms in total. The quantitative estimate of drug-likeness (QED) is 0.765. The number of ether oxygens (including phenoxy) is 1. The largest absolute Gasteiger partial charge is 0.489 e. The standard InChI is InChI=1S/C21H23N3O/c1-2-4-17(5-3-1)15-25-20-8-6-18(7-9-20)21-14-23-16-24(21)19-10-12-22-13-11-19/h1-9,14,16,19,22H,10-13,15H2. The molecule has 0 atom stereocenters. The van der Waals surface area contributed by atoms with Gasteiger partial charge in [0.1, 0.15) is 12.4 Å². The molecule has 1 N–H and O–H groups in total. The molecule has 4 heteroatoms. The Kier molecular flexibility index (Phi) is 4.79. The summed E-state index contributed by atoms with van der Waals surface area (Å²) in [7, 11) is 0. The van der Waals surface area contributed by atoms with Gasteiger partial charge in [-0.2, -0.15) is 0 Å². The van der Waals surface area contributed by atoms with Crippen LogP contribution in [0.15, 0.2) is 67.1 Å². The SMILES string of the molecule is c1ccc(COc2ccc(-c3cncn3C3CCNCC3)cc2)cc1. The van der Waals surface area contributed by atoms with Crippen LogP contribution in [0.5, 0.6) is 5.75 Å². The lowest BCUT2D eigenvalue weighted by atomic mass is 10.1. The van der Waals surface area contributed by atoms with Crippen LogP contribution >= 0.6 is 0 Å². The molecule has 0 radical (unpaired) electrons. The van der Waals surface area contributed by atoms with Gasteiger partial charge in [0.2, 0.25) is 0 Å². The molecule has 0 saturated carbocycles. The first kappa shape index (κ1) is 15.9. The third kappa shape index (κ3) is 3.74. The van der Waals surface area contributed by atoms with Crippen molar-refractivity contribution < 1.29 is 4.74 Å². The fourth-order valence-corrected chi connectivity index (χ4v) is 3.37. The van der Waals surface area contributed by atoms with Crippen molar-refractivity contribution in [2.45, 2.75) is 25.5 Å². The maximum Gasteiger partial charge on any atom is 0.119 e. The van der Waals surface area contributed by atoms with E-state index in [2.05, 4.69) is 39.1 Å². The number of aromatic nitrogens is 2. The van der Waals surface area contributed by atoms with Gasteiger partial charge in [-0.25, -0.2) is 4.98 Å². The molecule has 25 heavy (non-hydrogen) atoms. The molecule has 0 unspecified atom stereocenters. The van der Waals surface area contributed by atoms with Gasteiger partial charge in [-0.3, -0.25) is 0 Å². The van der Waals surface area contributed by atoms with Crippen molar-refractivity contribution in [3.05, 3.63) is 72.7 Å². The summed E-state index contributed by atoms with van der Waals surface area (Å²) in [5.41, 5.74) is 3.54. The van der Waals surface area contributed by atoms with E-state index >= 15 is 0 Å². The molecule has 1 saturated heterocycles. The number of hydrogen-bond acceptors (Lipinski definition) is 3. The summed E-state index contributed by atoms with van der Waals surface area (Å²) in [5, 5.41) is 3.42. The van der Waals surface area contributed by atoms with Crippen molar-refractivity contribution in [3.8, 4) is 17.0 Å². The highest BCUT2D eigenvalue weighted by atomic mass is 16.5. The third-order valence-electron chi connectivity index (χ3n) is 4.77. The molecule has 2 aromatic carbocycles. The highest BCUT2D eigenvalue weighted by Gasteiger charge is 2.17. The van der Waals surface area contributed by atoms with E-state index in [4.69, 9.17) is 4.74 Å². The zero-order valence-electron chi connectivity index (χ0n) is 14.3. The van der Waals surface area contributed by atoms with Crippen molar-refractivity contribution in [1.29, 1.82) is 0 Å². The molecular formula is C21H23N3O. The molecule has 0 spiro atoms. The fourth-order valence-electron chi connectivity index (χ4n) is 3.37. The number of imidazole rings is 1. The van der Waals surface area contributed by atoms with Gasteiger partial charge in [0.15, 0.2) is 0 Å². The van der Waals surface area contributed by atoms with E-state index in [0.717, 1.165) is 31.7 Å². The summed E-state index contributed by atoms with van der Waals surface area (Å²) in [6.07, 6.45) is 6.23. The second-order valence-electron chi connectivity index (χ2n) is 6.47. The molecule has 1 aliphatic rings. The first-order valence-electron chi connectivity index (χ1n) is 8.90. The van der Waals surface area contributed by atoms with E-state index in [-0.39, 0.29) is 0 Å². The predicted molar refractivity (Wildman–Crippen MR) is 99.6 cm³/mol. The molecule has 0 aliphatic carbocycles. The third-order valence-corrected chi connectivity index (χ3v) is 4.77. The Bertz CT molecular complexity index is 790. The summed E-state index contributed by atoms with van der Waals surface area (Å²) >= 11 is 0. The second kappa shape index (κ2) is 7.53. The van der Waals surface area contributed by atoms with Crippen molar-refractivity contribution in [3.63, 3.8) is 0 Å². The topological polar surface area (TPSA) is 39.1 Å². The summed E-state index contributed by atoms with van der Waals surface area (Å²) < 4.78 is 8.20. The Morgan fingerprint density at radius 2 is 1.76 bits per heavy atom. The second-order valence-corrected chi connectivity index (χ2v) is 6.47. The Labute approximate surface area is 148 Å². The van der Waals surface area contributed by atoms with E-state index in [9.17, 15) is 0 Å². The van der Waals surface area contributed by atoms with Gasteiger partial charge in [0, 0.05) is 11.6 Å². The number of nitrogens with zero attached hydrogens (tertiary/aromatic N) is 2. The van der Waals surface area contributed by atoms with Crippen LogP contribution in [0.4, 0.5) is 0 Å². The number of rotatable bonds is 5. The number of hydrogen-bond donors (Lipinski definition) is 1. The molecule has 4 rings (SSSR count). The van der Waals surface area contributed by atoms with Gasteiger partial charge in [0.05, 0.1) is 18.2 Å². The molecule has 1 aliphatic heterocycles. The summed E-state index contributed by atoms with van der Waals surface area (Å²) in [6, 6.07) is 19.1. The molecular weight excluding hydrogens is 310 g/mol. The van der Waals surface area contributed by atoms with Crippen molar-refractivity contribution in [2.24, 2.45) is 0 Å². The minimum absolute atomic E-state index is 0.535. The Morgan fingerprint density at radius 3 is 2.52 bits per heavy atom. The average Bonchev–Trinajstić information content (AvgIpc) is 3.18. The Hall–Kier alpha value is -2.59. The normalized spacial score (nSPS) is 15.2. The monoisotopic (exact) mass is 333 g/mol. The summed E-state index contributed by atoms with van der Waals surface area (Å²) in [4.78, 5) is 4.38. The van der Waals surface area contributed by atoms with E-state index in [1.165, 1.54) is 16.8 Å². The highest BCUT2D eigenvalue weighted by molar-refractivity contribution is 5.60.